The average Bonchev–Trinajstić information content (AvgIpc) is 2.72. The molecule has 2 aromatic heterocycles. The van der Waals surface area contributed by atoms with E-state index in [1.54, 1.807) is 14.0 Å². The van der Waals surface area contributed by atoms with E-state index in [0.717, 1.165) is 0 Å². The number of aromatic nitrogens is 4. The van der Waals surface area contributed by atoms with E-state index in [9.17, 15) is 22.8 Å². The highest BCUT2D eigenvalue weighted by molar-refractivity contribution is 5.73. The van der Waals surface area contributed by atoms with E-state index in [0.29, 0.717) is 0 Å². The van der Waals surface area contributed by atoms with Crippen molar-refractivity contribution in [3.05, 3.63) is 20.8 Å². The van der Waals surface area contributed by atoms with Crippen LogP contribution in [0.25, 0.3) is 11.2 Å². The molecule has 0 spiro atoms. The fraction of sp³-hybridized carbons (Fsp3) is 0.583. The van der Waals surface area contributed by atoms with Crippen LogP contribution in [0.3, 0.4) is 0 Å². The molecule has 1 atom stereocenters. The van der Waals surface area contributed by atoms with Crippen LogP contribution in [0.5, 0.6) is 0 Å². The Balaban J connectivity index is 2.20. The molecule has 0 bridgehead atoms. The van der Waals surface area contributed by atoms with Crippen LogP contribution in [0.2, 0.25) is 0 Å². The molecule has 0 unspecified atom stereocenters. The van der Waals surface area contributed by atoms with Crippen LogP contribution < -0.4 is 16.6 Å². The predicted molar refractivity (Wildman–Crippen MR) is 76.5 cm³/mol. The highest BCUT2D eigenvalue weighted by Gasteiger charge is 2.27. The normalized spacial score (nSPS) is 13.5. The first-order valence-corrected chi connectivity index (χ1v) is 6.67. The summed E-state index contributed by atoms with van der Waals surface area (Å²) in [7, 11) is 3.01. The molecule has 0 amide bonds. The van der Waals surface area contributed by atoms with E-state index in [1.807, 2.05) is 0 Å². The van der Waals surface area contributed by atoms with Gasteiger partial charge in [0.05, 0.1) is 6.61 Å². The van der Waals surface area contributed by atoms with E-state index in [-0.39, 0.29) is 23.7 Å². The molecule has 0 saturated carbocycles. The maximum absolute atomic E-state index is 12.0. The topological polar surface area (TPSA) is 93.9 Å². The van der Waals surface area contributed by atoms with Gasteiger partial charge in [-0.05, 0) is 6.92 Å². The zero-order valence-corrected chi connectivity index (χ0v) is 12.7. The van der Waals surface area contributed by atoms with Gasteiger partial charge < -0.3 is 14.6 Å². The number of nitrogens with zero attached hydrogens (tertiary/aromatic N) is 3. The highest BCUT2D eigenvalue weighted by atomic mass is 19.4. The Morgan fingerprint density at radius 3 is 2.57 bits per heavy atom. The lowest BCUT2D eigenvalue weighted by Gasteiger charge is -2.15. The van der Waals surface area contributed by atoms with Crippen molar-refractivity contribution in [3.63, 3.8) is 0 Å². The Labute approximate surface area is 127 Å². The van der Waals surface area contributed by atoms with Gasteiger partial charge in [0.15, 0.2) is 11.2 Å². The van der Waals surface area contributed by atoms with Gasteiger partial charge >= 0.3 is 11.9 Å². The molecule has 11 heteroatoms. The molecule has 0 fully saturated rings. The Hall–Kier alpha value is -2.30. The Morgan fingerprint density at radius 2 is 1.96 bits per heavy atom. The Kier molecular flexibility index (Phi) is 4.50. The molecule has 2 aromatic rings. The molecule has 128 valence electrons. The van der Waals surface area contributed by atoms with E-state index in [4.69, 9.17) is 0 Å². The third-order valence-corrected chi connectivity index (χ3v) is 3.14. The number of fused-ring (bicyclic) bond motifs is 1. The van der Waals surface area contributed by atoms with Crippen molar-refractivity contribution in [2.45, 2.75) is 19.1 Å². The summed E-state index contributed by atoms with van der Waals surface area (Å²) in [5, 5.41) is 2.85. The smallest absolute Gasteiger partial charge is 0.370 e. The van der Waals surface area contributed by atoms with E-state index >= 15 is 0 Å². The lowest BCUT2D eigenvalue weighted by Crippen LogP contribution is -2.29. The summed E-state index contributed by atoms with van der Waals surface area (Å²) < 4.78 is 43.3. The van der Waals surface area contributed by atoms with Gasteiger partial charge in [-0.25, -0.2) is 4.79 Å². The summed E-state index contributed by atoms with van der Waals surface area (Å²) in [5.41, 5.74) is -0.842. The minimum Gasteiger partial charge on any atom is -0.370 e. The molecule has 0 radical (unpaired) electrons. The second-order valence-corrected chi connectivity index (χ2v) is 5.16. The lowest BCUT2D eigenvalue weighted by molar-refractivity contribution is -0.174. The average molecular weight is 335 g/mol. The summed E-state index contributed by atoms with van der Waals surface area (Å²) in [6.07, 6.45) is -4.39. The van der Waals surface area contributed by atoms with Gasteiger partial charge in [-0.1, -0.05) is 0 Å². The van der Waals surface area contributed by atoms with E-state index in [1.165, 1.54) is 16.2 Å². The fourth-order valence-electron chi connectivity index (χ4n) is 2.05. The number of H-pyrrole nitrogens is 1. The molecule has 23 heavy (non-hydrogen) atoms. The van der Waals surface area contributed by atoms with E-state index < -0.39 is 30.1 Å². The van der Waals surface area contributed by atoms with Crippen molar-refractivity contribution in [1.82, 2.24) is 19.1 Å². The lowest BCUT2D eigenvalue weighted by atomic mass is 10.4. The van der Waals surface area contributed by atoms with Gasteiger partial charge in [0.1, 0.15) is 6.61 Å². The maximum atomic E-state index is 12.0. The zero-order valence-electron chi connectivity index (χ0n) is 12.7. The third-order valence-electron chi connectivity index (χ3n) is 3.14. The minimum absolute atomic E-state index is 0.173. The van der Waals surface area contributed by atoms with Crippen molar-refractivity contribution in [2.75, 3.05) is 18.5 Å². The van der Waals surface area contributed by atoms with Gasteiger partial charge in [0.25, 0.3) is 5.56 Å². The van der Waals surface area contributed by atoms with Crippen LogP contribution in [0.1, 0.15) is 6.92 Å². The van der Waals surface area contributed by atoms with Crippen LogP contribution >= 0.6 is 0 Å². The molecule has 2 rings (SSSR count). The van der Waals surface area contributed by atoms with E-state index in [2.05, 4.69) is 20.0 Å². The molecule has 0 aliphatic carbocycles. The second-order valence-electron chi connectivity index (χ2n) is 5.16. The maximum Gasteiger partial charge on any atom is 0.411 e. The van der Waals surface area contributed by atoms with Crippen molar-refractivity contribution in [1.29, 1.82) is 0 Å². The molecule has 0 aliphatic heterocycles. The van der Waals surface area contributed by atoms with Crippen LogP contribution in [0.15, 0.2) is 9.59 Å². The molecule has 0 saturated heterocycles. The molecule has 0 aromatic carbocycles. The zero-order chi connectivity index (χ0) is 17.4. The fourth-order valence-corrected chi connectivity index (χ4v) is 2.05. The van der Waals surface area contributed by atoms with Crippen molar-refractivity contribution in [3.8, 4) is 0 Å². The van der Waals surface area contributed by atoms with Gasteiger partial charge in [0.2, 0.25) is 5.95 Å². The van der Waals surface area contributed by atoms with Crippen LogP contribution in [0, 0.1) is 0 Å². The van der Waals surface area contributed by atoms with Crippen molar-refractivity contribution in [2.24, 2.45) is 14.1 Å². The monoisotopic (exact) mass is 335 g/mol. The van der Waals surface area contributed by atoms with Crippen LogP contribution in [-0.2, 0) is 18.8 Å². The Morgan fingerprint density at radius 1 is 1.30 bits per heavy atom. The van der Waals surface area contributed by atoms with Gasteiger partial charge in [-0.2, -0.15) is 18.2 Å². The molecule has 2 heterocycles. The summed E-state index contributed by atoms with van der Waals surface area (Å²) in [4.78, 5) is 29.7. The number of halogens is 3. The molecular weight excluding hydrogens is 319 g/mol. The van der Waals surface area contributed by atoms with Gasteiger partial charge in [-0.3, -0.25) is 14.3 Å². The SMILES string of the molecule is C[C@@H](COCC(F)(F)F)Nc1nc2c(c(=O)[nH]c(=O)n2C)n1C. The van der Waals surface area contributed by atoms with Crippen LogP contribution in [-0.4, -0.2) is 44.5 Å². The number of hydrogen-bond donors (Lipinski definition) is 2. The number of aromatic amines is 1. The Bertz CT molecular complexity index is 820. The number of aryl methyl sites for hydroxylation is 2. The van der Waals surface area contributed by atoms with Gasteiger partial charge in [0, 0.05) is 20.1 Å². The number of ether oxygens (including phenoxy) is 1. The summed E-state index contributed by atoms with van der Waals surface area (Å²) in [6, 6.07) is -0.482. The quantitative estimate of drug-likeness (QED) is 0.822. The largest absolute Gasteiger partial charge is 0.411 e. The number of rotatable bonds is 5. The second kappa shape index (κ2) is 6.07. The molecule has 0 aliphatic rings. The number of anilines is 1. The molecule has 8 nitrogen and oxygen atoms in total. The van der Waals surface area contributed by atoms with Crippen LogP contribution in [0.4, 0.5) is 19.1 Å². The summed E-state index contributed by atoms with van der Waals surface area (Å²) in [6.45, 7) is 0.0761. The summed E-state index contributed by atoms with van der Waals surface area (Å²) in [5.74, 6) is 0.245. The first-order valence-electron chi connectivity index (χ1n) is 6.67. The third kappa shape index (κ3) is 3.73. The van der Waals surface area contributed by atoms with Crippen molar-refractivity contribution >= 4 is 17.1 Å². The minimum atomic E-state index is -4.39. The molecular formula is C12H16F3N5O3. The molecule has 2 N–H and O–H groups in total. The number of nitrogens with one attached hydrogen (secondary N) is 2. The standard InChI is InChI=1S/C12H16F3N5O3/c1-6(4-23-5-12(13,14)15)16-10-17-8-7(19(10)2)9(21)18-11(22)20(8)3/h6H,4-5H2,1-3H3,(H,16,17)(H,18,21,22)/t6-/m0/s1. The number of hydrogen-bond acceptors (Lipinski definition) is 5. The first-order chi connectivity index (χ1) is 10.6. The number of alkyl halides is 3. The first kappa shape index (κ1) is 17.1. The predicted octanol–water partition coefficient (Wildman–Crippen LogP) is 0.340. The van der Waals surface area contributed by atoms with Gasteiger partial charge in [-0.15, -0.1) is 0 Å². The van der Waals surface area contributed by atoms with Crippen molar-refractivity contribution < 1.29 is 17.9 Å². The number of imidazole rings is 1. The highest BCUT2D eigenvalue weighted by Crippen LogP contribution is 2.16. The summed E-state index contributed by atoms with van der Waals surface area (Å²) >= 11 is 0.